The van der Waals surface area contributed by atoms with Gasteiger partial charge in [0.05, 0.1) is 12.1 Å². The molecule has 3 aromatic rings. The summed E-state index contributed by atoms with van der Waals surface area (Å²) in [5.74, 6) is 0.373. The van der Waals surface area contributed by atoms with Crippen molar-refractivity contribution < 1.29 is 9.53 Å². The summed E-state index contributed by atoms with van der Waals surface area (Å²) >= 11 is 0. The van der Waals surface area contributed by atoms with Gasteiger partial charge in [0.1, 0.15) is 11.2 Å². The number of nitrogens with zero attached hydrogens (tertiary/aromatic N) is 1. The number of urea groups is 1. The van der Waals surface area contributed by atoms with Crippen LogP contribution < -0.4 is 20.8 Å². The molecule has 7 nitrogen and oxygen atoms in total. The van der Waals surface area contributed by atoms with Crippen LogP contribution in [0.1, 0.15) is 18.9 Å². The molecule has 3 N–H and O–H groups in total. The molecule has 0 atom stereocenters. The van der Waals surface area contributed by atoms with E-state index in [0.717, 1.165) is 12.8 Å². The molecule has 140 valence electrons. The lowest BCUT2D eigenvalue weighted by Crippen LogP contribution is -2.31. The Kier molecular flexibility index (Phi) is 6.04. The number of H-pyrrole nitrogens is 1. The Morgan fingerprint density at radius 1 is 1.19 bits per heavy atom. The number of hydrogen-bond acceptors (Lipinski definition) is 4. The maximum Gasteiger partial charge on any atom is 0.319 e. The number of carbonyl (C=O) groups is 1. The number of fused-ring (bicyclic) bond motifs is 1. The zero-order valence-corrected chi connectivity index (χ0v) is 15.1. The standard InChI is InChI=1S/C20H22N4O3/c1-2-27-17-11-10-15-18(24-17)19(25)16(13-22-15)23-20(26)21-12-6-9-14-7-4-3-5-8-14/h3-5,7-8,10-11,13H,2,6,9,12H2,1H3,(H,22,25)(H2,21,23,26). The van der Waals surface area contributed by atoms with Gasteiger partial charge in [0.15, 0.2) is 0 Å². The SMILES string of the molecule is CCOc1ccc2[nH]cc(NC(=O)NCCCc3ccccc3)c(=O)c2n1. The van der Waals surface area contributed by atoms with Gasteiger partial charge in [0.2, 0.25) is 11.3 Å². The van der Waals surface area contributed by atoms with Gasteiger partial charge in [-0.05, 0) is 31.4 Å². The van der Waals surface area contributed by atoms with Crippen molar-refractivity contribution in [3.63, 3.8) is 0 Å². The zero-order valence-electron chi connectivity index (χ0n) is 15.1. The Bertz CT molecular complexity index is 970. The van der Waals surface area contributed by atoms with Gasteiger partial charge in [-0.1, -0.05) is 30.3 Å². The minimum absolute atomic E-state index is 0.143. The molecule has 0 spiro atoms. The van der Waals surface area contributed by atoms with E-state index in [2.05, 4.69) is 32.7 Å². The van der Waals surface area contributed by atoms with Crippen LogP contribution in [0, 0.1) is 0 Å². The fourth-order valence-electron chi connectivity index (χ4n) is 2.70. The lowest BCUT2D eigenvalue weighted by Gasteiger charge is -2.08. The predicted octanol–water partition coefficient (Wildman–Crippen LogP) is 3.08. The molecule has 0 aliphatic carbocycles. The molecule has 0 saturated carbocycles. The van der Waals surface area contributed by atoms with Gasteiger partial charge in [-0.2, -0.15) is 0 Å². The van der Waals surface area contributed by atoms with E-state index in [-0.39, 0.29) is 16.6 Å². The monoisotopic (exact) mass is 366 g/mol. The molecule has 0 unspecified atom stereocenters. The number of carbonyl (C=O) groups excluding carboxylic acids is 1. The fraction of sp³-hybridized carbons (Fsp3) is 0.250. The summed E-state index contributed by atoms with van der Waals surface area (Å²) in [5.41, 5.74) is 1.82. The van der Waals surface area contributed by atoms with Gasteiger partial charge < -0.3 is 20.4 Å². The number of amides is 2. The smallest absolute Gasteiger partial charge is 0.319 e. The average Bonchev–Trinajstić information content (AvgIpc) is 2.69. The molecule has 0 saturated heterocycles. The van der Waals surface area contributed by atoms with Gasteiger partial charge in [0.25, 0.3) is 0 Å². The number of pyridine rings is 2. The first-order valence-corrected chi connectivity index (χ1v) is 8.91. The number of aromatic amines is 1. The third kappa shape index (κ3) is 4.84. The van der Waals surface area contributed by atoms with Gasteiger partial charge in [0, 0.05) is 18.8 Å². The second-order valence-corrected chi connectivity index (χ2v) is 5.98. The highest BCUT2D eigenvalue weighted by Gasteiger charge is 2.10. The predicted molar refractivity (Wildman–Crippen MR) is 105 cm³/mol. The maximum atomic E-state index is 12.6. The molecule has 0 aliphatic rings. The number of benzene rings is 1. The van der Waals surface area contributed by atoms with Crippen molar-refractivity contribution >= 4 is 22.8 Å². The van der Waals surface area contributed by atoms with E-state index in [1.165, 1.54) is 11.8 Å². The first-order valence-electron chi connectivity index (χ1n) is 8.91. The second kappa shape index (κ2) is 8.84. The Labute approximate surface area is 156 Å². The average molecular weight is 366 g/mol. The number of hydrogen-bond donors (Lipinski definition) is 3. The lowest BCUT2D eigenvalue weighted by atomic mass is 10.1. The second-order valence-electron chi connectivity index (χ2n) is 5.98. The quantitative estimate of drug-likeness (QED) is 0.560. The van der Waals surface area contributed by atoms with E-state index in [1.54, 1.807) is 12.1 Å². The van der Waals surface area contributed by atoms with Crippen LogP contribution in [0.25, 0.3) is 11.0 Å². The zero-order chi connectivity index (χ0) is 19.1. The van der Waals surface area contributed by atoms with E-state index in [9.17, 15) is 9.59 Å². The third-order valence-corrected chi connectivity index (χ3v) is 4.01. The Balaban J connectivity index is 1.59. The van der Waals surface area contributed by atoms with E-state index in [4.69, 9.17) is 4.74 Å². The number of rotatable bonds is 7. The number of nitrogens with one attached hydrogen (secondary N) is 3. The molecule has 2 heterocycles. The van der Waals surface area contributed by atoms with Crippen LogP contribution in [-0.2, 0) is 6.42 Å². The topological polar surface area (TPSA) is 96.1 Å². The molecule has 0 radical (unpaired) electrons. The van der Waals surface area contributed by atoms with Crippen LogP contribution in [0.3, 0.4) is 0 Å². The molecule has 2 amide bonds. The highest BCUT2D eigenvalue weighted by Crippen LogP contribution is 2.13. The van der Waals surface area contributed by atoms with Gasteiger partial charge in [-0.3, -0.25) is 4.79 Å². The van der Waals surface area contributed by atoms with Crippen molar-refractivity contribution in [3.05, 3.63) is 64.4 Å². The molecule has 7 heteroatoms. The van der Waals surface area contributed by atoms with E-state index >= 15 is 0 Å². The minimum Gasteiger partial charge on any atom is -0.478 e. The fourth-order valence-corrected chi connectivity index (χ4v) is 2.70. The van der Waals surface area contributed by atoms with Crippen LogP contribution in [0.5, 0.6) is 5.88 Å². The molecule has 0 bridgehead atoms. The van der Waals surface area contributed by atoms with Crippen LogP contribution in [0.4, 0.5) is 10.5 Å². The summed E-state index contributed by atoms with van der Waals surface area (Å²) in [5, 5.41) is 5.34. The summed E-state index contributed by atoms with van der Waals surface area (Å²) in [6.45, 7) is 2.81. The van der Waals surface area contributed by atoms with Gasteiger partial charge >= 0.3 is 6.03 Å². The van der Waals surface area contributed by atoms with Gasteiger partial charge in [-0.15, -0.1) is 0 Å². The first kappa shape index (κ1) is 18.4. The van der Waals surface area contributed by atoms with Crippen LogP contribution >= 0.6 is 0 Å². The molecular weight excluding hydrogens is 344 g/mol. The molecule has 0 aliphatic heterocycles. The molecule has 3 rings (SSSR count). The van der Waals surface area contributed by atoms with Crippen molar-refractivity contribution in [1.82, 2.24) is 15.3 Å². The molecule has 2 aromatic heterocycles. The molecule has 0 fully saturated rings. The van der Waals surface area contributed by atoms with E-state index in [0.29, 0.717) is 24.5 Å². The molecule has 1 aromatic carbocycles. The summed E-state index contributed by atoms with van der Waals surface area (Å²) in [4.78, 5) is 31.8. The normalized spacial score (nSPS) is 10.6. The summed E-state index contributed by atoms with van der Waals surface area (Å²) in [6, 6.07) is 13.1. The van der Waals surface area contributed by atoms with Crippen LogP contribution in [0.2, 0.25) is 0 Å². The Morgan fingerprint density at radius 2 is 2.00 bits per heavy atom. The number of aryl methyl sites for hydroxylation is 1. The number of anilines is 1. The van der Waals surface area contributed by atoms with Crippen LogP contribution in [0.15, 0.2) is 53.5 Å². The van der Waals surface area contributed by atoms with Gasteiger partial charge in [-0.25, -0.2) is 9.78 Å². The molecule has 27 heavy (non-hydrogen) atoms. The Morgan fingerprint density at radius 3 is 2.78 bits per heavy atom. The van der Waals surface area contributed by atoms with Crippen molar-refractivity contribution in [2.24, 2.45) is 0 Å². The van der Waals surface area contributed by atoms with Crippen molar-refractivity contribution in [2.45, 2.75) is 19.8 Å². The van der Waals surface area contributed by atoms with Crippen molar-refractivity contribution in [3.8, 4) is 5.88 Å². The van der Waals surface area contributed by atoms with E-state index < -0.39 is 6.03 Å². The summed E-state index contributed by atoms with van der Waals surface area (Å²) in [7, 11) is 0. The summed E-state index contributed by atoms with van der Waals surface area (Å²) < 4.78 is 5.33. The largest absolute Gasteiger partial charge is 0.478 e. The van der Waals surface area contributed by atoms with Crippen LogP contribution in [-0.4, -0.2) is 29.2 Å². The number of aromatic nitrogens is 2. The molecular formula is C20H22N4O3. The highest BCUT2D eigenvalue weighted by molar-refractivity contribution is 5.91. The van der Waals surface area contributed by atoms with Crippen molar-refractivity contribution in [1.29, 1.82) is 0 Å². The first-order chi connectivity index (χ1) is 13.2. The van der Waals surface area contributed by atoms with E-state index in [1.807, 2.05) is 25.1 Å². The van der Waals surface area contributed by atoms with Crippen molar-refractivity contribution in [2.75, 3.05) is 18.5 Å². The number of ether oxygens (including phenoxy) is 1. The lowest BCUT2D eigenvalue weighted by molar-refractivity contribution is 0.252. The Hall–Kier alpha value is -3.35. The maximum absolute atomic E-state index is 12.6. The third-order valence-electron chi connectivity index (χ3n) is 4.01. The highest BCUT2D eigenvalue weighted by atomic mass is 16.5. The minimum atomic E-state index is -0.422. The summed E-state index contributed by atoms with van der Waals surface area (Å²) in [6.07, 6.45) is 3.16.